The lowest BCUT2D eigenvalue weighted by molar-refractivity contribution is -0.113. The molecule has 0 aliphatic carbocycles. The predicted octanol–water partition coefficient (Wildman–Crippen LogP) is 4.77. The van der Waals surface area contributed by atoms with E-state index in [1.165, 1.54) is 11.8 Å². The highest BCUT2D eigenvalue weighted by Crippen LogP contribution is 2.25. The van der Waals surface area contributed by atoms with Crippen LogP contribution in [0.3, 0.4) is 0 Å². The number of aromatic nitrogens is 3. The number of para-hydroxylation sites is 1. The van der Waals surface area contributed by atoms with Crippen LogP contribution in [0, 0.1) is 6.92 Å². The average molecular weight is 458 g/mol. The molecule has 2 amide bonds. The largest absolute Gasteiger partial charge is 0.325 e. The zero-order valence-corrected chi connectivity index (χ0v) is 19.1. The van der Waals surface area contributed by atoms with Crippen LogP contribution in [0.15, 0.2) is 84.0 Å². The number of rotatable bonds is 7. The molecule has 0 atom stereocenters. The van der Waals surface area contributed by atoms with Crippen LogP contribution in [0.4, 0.5) is 11.4 Å². The van der Waals surface area contributed by atoms with E-state index in [1.807, 2.05) is 85.3 Å². The molecule has 0 unspecified atom stereocenters. The van der Waals surface area contributed by atoms with E-state index in [9.17, 15) is 9.59 Å². The van der Waals surface area contributed by atoms with Gasteiger partial charge in [-0.2, -0.15) is 0 Å². The lowest BCUT2D eigenvalue weighted by Gasteiger charge is -2.08. The zero-order chi connectivity index (χ0) is 23.2. The number of thioether (sulfide) groups is 1. The van der Waals surface area contributed by atoms with Gasteiger partial charge in [-0.15, -0.1) is 10.2 Å². The Morgan fingerprint density at radius 2 is 1.61 bits per heavy atom. The van der Waals surface area contributed by atoms with Gasteiger partial charge in [0, 0.05) is 29.5 Å². The fourth-order valence-corrected chi connectivity index (χ4v) is 3.90. The highest BCUT2D eigenvalue weighted by molar-refractivity contribution is 7.99. The Hall–Kier alpha value is -3.91. The number of benzene rings is 3. The first-order valence-electron chi connectivity index (χ1n) is 10.3. The van der Waals surface area contributed by atoms with Crippen LogP contribution in [-0.2, 0) is 11.8 Å². The Kier molecular flexibility index (Phi) is 6.85. The van der Waals surface area contributed by atoms with Gasteiger partial charge in [-0.3, -0.25) is 9.59 Å². The summed E-state index contributed by atoms with van der Waals surface area (Å²) in [6.45, 7) is 1.98. The Morgan fingerprint density at radius 3 is 2.36 bits per heavy atom. The predicted molar refractivity (Wildman–Crippen MR) is 131 cm³/mol. The van der Waals surface area contributed by atoms with Crippen LogP contribution in [0.25, 0.3) is 11.4 Å². The molecule has 166 valence electrons. The van der Waals surface area contributed by atoms with E-state index in [0.717, 1.165) is 16.8 Å². The molecule has 8 heteroatoms. The van der Waals surface area contributed by atoms with Gasteiger partial charge < -0.3 is 15.2 Å². The van der Waals surface area contributed by atoms with Crippen LogP contribution < -0.4 is 10.6 Å². The highest BCUT2D eigenvalue weighted by atomic mass is 32.2. The monoisotopic (exact) mass is 457 g/mol. The molecule has 2 N–H and O–H groups in total. The van der Waals surface area contributed by atoms with Gasteiger partial charge in [0.2, 0.25) is 5.91 Å². The number of amides is 2. The van der Waals surface area contributed by atoms with E-state index in [-0.39, 0.29) is 17.6 Å². The fourth-order valence-electron chi connectivity index (χ4n) is 3.18. The number of carbonyl (C=O) groups is 2. The minimum atomic E-state index is -0.175. The lowest BCUT2D eigenvalue weighted by atomic mass is 10.1. The molecule has 0 fully saturated rings. The number of anilines is 2. The molecule has 0 aliphatic rings. The number of hydrogen-bond donors (Lipinski definition) is 2. The molecule has 0 saturated carbocycles. The van der Waals surface area contributed by atoms with Crippen molar-refractivity contribution < 1.29 is 9.59 Å². The summed E-state index contributed by atoms with van der Waals surface area (Å²) < 4.78 is 1.83. The van der Waals surface area contributed by atoms with Crippen molar-refractivity contribution in [3.8, 4) is 11.4 Å². The van der Waals surface area contributed by atoms with Crippen molar-refractivity contribution in [3.63, 3.8) is 0 Å². The minimum Gasteiger partial charge on any atom is -0.325 e. The SMILES string of the molecule is Cc1ccc(C(=O)Nc2cccc(-c3nnc(SCC(=O)Nc4ccccc4)n3C)c2)cc1. The van der Waals surface area contributed by atoms with E-state index >= 15 is 0 Å². The van der Waals surface area contributed by atoms with Crippen molar-refractivity contribution >= 4 is 35.0 Å². The second kappa shape index (κ2) is 10.1. The molecular formula is C25H23N5O2S. The normalized spacial score (nSPS) is 10.6. The smallest absolute Gasteiger partial charge is 0.255 e. The summed E-state index contributed by atoms with van der Waals surface area (Å²) in [5.74, 6) is 0.572. The maximum atomic E-state index is 12.5. The van der Waals surface area contributed by atoms with E-state index in [0.29, 0.717) is 22.2 Å². The van der Waals surface area contributed by atoms with Crippen molar-refractivity contribution in [1.29, 1.82) is 0 Å². The van der Waals surface area contributed by atoms with Crippen molar-refractivity contribution in [2.75, 3.05) is 16.4 Å². The van der Waals surface area contributed by atoms with Crippen molar-refractivity contribution in [3.05, 3.63) is 90.0 Å². The second-order valence-corrected chi connectivity index (χ2v) is 8.41. The summed E-state index contributed by atoms with van der Waals surface area (Å²) in [7, 11) is 1.85. The third-order valence-electron chi connectivity index (χ3n) is 4.92. The number of aryl methyl sites for hydroxylation is 1. The van der Waals surface area contributed by atoms with Gasteiger partial charge in [-0.1, -0.05) is 59.8 Å². The Bertz CT molecular complexity index is 1270. The summed E-state index contributed by atoms with van der Waals surface area (Å²) in [6.07, 6.45) is 0. The molecular weight excluding hydrogens is 434 g/mol. The molecule has 0 spiro atoms. The van der Waals surface area contributed by atoms with Crippen molar-refractivity contribution in [2.45, 2.75) is 12.1 Å². The standard InChI is InChI=1S/C25H23N5O2S/c1-17-11-13-18(14-12-17)24(32)27-21-10-6-7-19(15-21)23-28-29-25(30(23)2)33-16-22(31)26-20-8-4-3-5-9-20/h3-15H,16H2,1-2H3,(H,26,31)(H,27,32). The molecule has 0 aliphatic heterocycles. The van der Waals surface area contributed by atoms with Gasteiger partial charge >= 0.3 is 0 Å². The zero-order valence-electron chi connectivity index (χ0n) is 18.3. The first kappa shape index (κ1) is 22.3. The fraction of sp³-hybridized carbons (Fsp3) is 0.120. The maximum absolute atomic E-state index is 12.5. The Labute approximate surface area is 196 Å². The van der Waals surface area contributed by atoms with Crippen LogP contribution in [-0.4, -0.2) is 32.3 Å². The van der Waals surface area contributed by atoms with Crippen LogP contribution in [0.1, 0.15) is 15.9 Å². The van der Waals surface area contributed by atoms with Crippen LogP contribution in [0.5, 0.6) is 0 Å². The first-order valence-corrected chi connectivity index (χ1v) is 11.3. The Morgan fingerprint density at radius 1 is 0.879 bits per heavy atom. The number of nitrogens with one attached hydrogen (secondary N) is 2. The van der Waals surface area contributed by atoms with Gasteiger partial charge in [0.1, 0.15) is 0 Å². The molecule has 1 aromatic heterocycles. The lowest BCUT2D eigenvalue weighted by Crippen LogP contribution is -2.14. The molecule has 0 radical (unpaired) electrons. The highest BCUT2D eigenvalue weighted by Gasteiger charge is 2.14. The molecule has 1 heterocycles. The number of nitrogens with zero attached hydrogens (tertiary/aromatic N) is 3. The van der Waals surface area contributed by atoms with Gasteiger partial charge in [-0.05, 0) is 43.3 Å². The van der Waals surface area contributed by atoms with Crippen LogP contribution in [0.2, 0.25) is 0 Å². The molecule has 0 bridgehead atoms. The van der Waals surface area contributed by atoms with Crippen LogP contribution >= 0.6 is 11.8 Å². The molecule has 0 saturated heterocycles. The quantitative estimate of drug-likeness (QED) is 0.390. The third-order valence-corrected chi connectivity index (χ3v) is 5.94. The molecule has 3 aromatic carbocycles. The molecule has 4 aromatic rings. The molecule has 7 nitrogen and oxygen atoms in total. The first-order chi connectivity index (χ1) is 16.0. The van der Waals surface area contributed by atoms with Gasteiger partial charge in [0.25, 0.3) is 5.91 Å². The third kappa shape index (κ3) is 5.67. The molecule has 33 heavy (non-hydrogen) atoms. The van der Waals surface area contributed by atoms with Crippen molar-refractivity contribution in [2.24, 2.45) is 7.05 Å². The Balaban J connectivity index is 1.42. The summed E-state index contributed by atoms with van der Waals surface area (Å²) in [6, 6.07) is 24.2. The summed E-state index contributed by atoms with van der Waals surface area (Å²) in [4.78, 5) is 24.8. The summed E-state index contributed by atoms with van der Waals surface area (Å²) >= 11 is 1.31. The number of carbonyl (C=O) groups excluding carboxylic acids is 2. The summed E-state index contributed by atoms with van der Waals surface area (Å²) in [5.41, 5.74) is 3.93. The number of hydrogen-bond acceptors (Lipinski definition) is 5. The van der Waals surface area contributed by atoms with Crippen molar-refractivity contribution in [1.82, 2.24) is 14.8 Å². The maximum Gasteiger partial charge on any atom is 0.255 e. The van der Waals surface area contributed by atoms with E-state index < -0.39 is 0 Å². The van der Waals surface area contributed by atoms with E-state index in [4.69, 9.17) is 0 Å². The van der Waals surface area contributed by atoms with Gasteiger partial charge in [0.05, 0.1) is 5.75 Å². The van der Waals surface area contributed by atoms with E-state index in [1.54, 1.807) is 12.1 Å². The van der Waals surface area contributed by atoms with E-state index in [2.05, 4.69) is 20.8 Å². The average Bonchev–Trinajstić information content (AvgIpc) is 3.19. The second-order valence-electron chi connectivity index (χ2n) is 7.47. The van der Waals surface area contributed by atoms with Gasteiger partial charge in [0.15, 0.2) is 11.0 Å². The topological polar surface area (TPSA) is 88.9 Å². The summed E-state index contributed by atoms with van der Waals surface area (Å²) in [5, 5.41) is 14.9. The molecule has 4 rings (SSSR count). The minimum absolute atomic E-state index is 0.114. The van der Waals surface area contributed by atoms with Gasteiger partial charge in [-0.25, -0.2) is 0 Å².